The minimum Gasteiger partial charge on any atom is -0.0767 e. The maximum Gasteiger partial charge on any atom is -0.0172 e. The highest BCUT2D eigenvalue weighted by Gasteiger charge is 2.36. The molecular formula is C14H18P. The zero-order valence-electron chi connectivity index (χ0n) is 9.32. The van der Waals surface area contributed by atoms with Gasteiger partial charge in [-0.3, -0.25) is 0 Å². The van der Waals surface area contributed by atoms with E-state index in [1.807, 2.05) is 0 Å². The number of hydrogen-bond donors (Lipinski definition) is 0. The monoisotopic (exact) mass is 217 g/mol. The quantitative estimate of drug-likeness (QED) is 0.626. The van der Waals surface area contributed by atoms with Gasteiger partial charge < -0.3 is 0 Å². The van der Waals surface area contributed by atoms with E-state index in [2.05, 4.69) is 42.8 Å². The van der Waals surface area contributed by atoms with E-state index in [4.69, 9.17) is 0 Å². The predicted molar refractivity (Wildman–Crippen MR) is 70.2 cm³/mol. The highest BCUT2D eigenvalue weighted by atomic mass is 31.2. The molecule has 3 rings (SSSR count). The average Bonchev–Trinajstić information content (AvgIpc) is 2.88. The summed E-state index contributed by atoms with van der Waals surface area (Å²) in [6, 6.07) is 9.00. The Hall–Kier alpha value is -0.610. The maximum absolute atomic E-state index is 2.55. The van der Waals surface area contributed by atoms with Crippen LogP contribution >= 0.6 is 7.26 Å². The van der Waals surface area contributed by atoms with Crippen molar-refractivity contribution in [3.05, 3.63) is 35.6 Å². The first-order valence-electron chi connectivity index (χ1n) is 5.95. The van der Waals surface area contributed by atoms with Crippen molar-refractivity contribution >= 4 is 18.6 Å². The van der Waals surface area contributed by atoms with Crippen molar-refractivity contribution in [2.45, 2.75) is 31.3 Å². The van der Waals surface area contributed by atoms with Crippen LogP contribution in [0.1, 0.15) is 31.2 Å². The van der Waals surface area contributed by atoms with Crippen molar-refractivity contribution in [1.29, 1.82) is 0 Å². The Labute approximate surface area is 92.7 Å². The number of rotatable bonds is 1. The van der Waals surface area contributed by atoms with Crippen LogP contribution in [0.3, 0.4) is 0 Å². The van der Waals surface area contributed by atoms with Crippen molar-refractivity contribution in [1.82, 2.24) is 0 Å². The van der Waals surface area contributed by atoms with Gasteiger partial charge in [0, 0.05) is 0 Å². The molecule has 0 amide bonds. The Morgan fingerprint density at radius 2 is 1.87 bits per heavy atom. The number of benzene rings is 1. The van der Waals surface area contributed by atoms with E-state index in [1.165, 1.54) is 31.2 Å². The van der Waals surface area contributed by atoms with E-state index in [0.717, 1.165) is 5.66 Å². The molecule has 1 unspecified atom stereocenters. The Bertz CT molecular complexity index is 402. The van der Waals surface area contributed by atoms with Gasteiger partial charge in [0.2, 0.25) is 0 Å². The molecule has 0 spiro atoms. The minimum atomic E-state index is -0.938. The van der Waals surface area contributed by atoms with E-state index in [1.54, 1.807) is 5.30 Å². The number of hydrogen-bond acceptors (Lipinski definition) is 0. The fourth-order valence-electron chi connectivity index (χ4n) is 3.14. The van der Waals surface area contributed by atoms with Crippen LogP contribution in [0.2, 0.25) is 0 Å². The lowest BCUT2D eigenvalue weighted by Crippen LogP contribution is -2.17. The molecule has 1 aromatic rings. The summed E-state index contributed by atoms with van der Waals surface area (Å²) in [5.74, 6) is 2.55. The summed E-state index contributed by atoms with van der Waals surface area (Å²) in [5, 5.41) is 1.66. The van der Waals surface area contributed by atoms with Crippen LogP contribution in [0, 0.1) is 0 Å². The lowest BCUT2D eigenvalue weighted by Gasteiger charge is -2.33. The van der Waals surface area contributed by atoms with Gasteiger partial charge in [-0.05, 0) is 36.0 Å². The van der Waals surface area contributed by atoms with Gasteiger partial charge >= 0.3 is 0 Å². The van der Waals surface area contributed by atoms with Crippen molar-refractivity contribution < 1.29 is 0 Å². The van der Waals surface area contributed by atoms with Crippen LogP contribution in [0.15, 0.2) is 30.1 Å². The van der Waals surface area contributed by atoms with E-state index >= 15 is 0 Å². The molecule has 1 radical (unpaired) electrons. The van der Waals surface area contributed by atoms with Crippen LogP contribution in [0.4, 0.5) is 0 Å². The number of fused-ring (bicyclic) bond motifs is 1. The first kappa shape index (κ1) is 9.60. The Balaban J connectivity index is 2.04. The average molecular weight is 217 g/mol. The van der Waals surface area contributed by atoms with Crippen molar-refractivity contribution in [3.8, 4) is 0 Å². The van der Waals surface area contributed by atoms with Crippen LogP contribution in [0.5, 0.6) is 0 Å². The van der Waals surface area contributed by atoms with Crippen LogP contribution in [-0.4, -0.2) is 12.3 Å². The lowest BCUT2D eigenvalue weighted by molar-refractivity contribution is 0.886. The molecule has 1 aliphatic heterocycles. The van der Waals surface area contributed by atoms with Crippen molar-refractivity contribution in [2.75, 3.05) is 6.66 Å². The smallest absolute Gasteiger partial charge is 0.0172 e. The third-order valence-corrected chi connectivity index (χ3v) is 8.35. The summed E-state index contributed by atoms with van der Waals surface area (Å²) in [6.07, 6.45) is 8.19. The second kappa shape index (κ2) is 3.46. The zero-order valence-corrected chi connectivity index (χ0v) is 10.2. The molecule has 0 bridgehead atoms. The Kier molecular flexibility index (Phi) is 2.21. The van der Waals surface area contributed by atoms with Crippen molar-refractivity contribution in [2.24, 2.45) is 0 Å². The molecule has 1 fully saturated rings. The molecule has 1 heterocycles. The third kappa shape index (κ3) is 1.39. The summed E-state index contributed by atoms with van der Waals surface area (Å²) in [4.78, 5) is 0. The second-order valence-corrected chi connectivity index (χ2v) is 8.76. The van der Waals surface area contributed by atoms with Gasteiger partial charge in [0.05, 0.1) is 0 Å². The Morgan fingerprint density at radius 1 is 1.13 bits per heavy atom. The standard InChI is InChI=1S/C14H18P/c1-15(13-7-3-4-8-13)11-10-12-6-2-5-9-14(12)15/h2,5-6,9-11,13H,3-4,7-8H2,1H3. The summed E-state index contributed by atoms with van der Waals surface area (Å²) >= 11 is 0. The molecule has 0 nitrogen and oxygen atoms in total. The van der Waals surface area contributed by atoms with Crippen LogP contribution < -0.4 is 5.30 Å². The van der Waals surface area contributed by atoms with Crippen LogP contribution in [-0.2, 0) is 0 Å². The summed E-state index contributed by atoms with van der Waals surface area (Å²) in [6.45, 7) is 2.53. The SMILES string of the molecule is C[P]1(C2CCCC2)C=Cc2ccccc21. The summed E-state index contributed by atoms with van der Waals surface area (Å²) in [5.41, 5.74) is 2.47. The molecule has 1 saturated carbocycles. The topological polar surface area (TPSA) is 0 Å². The normalized spacial score (nSPS) is 29.7. The lowest BCUT2D eigenvalue weighted by atomic mass is 10.2. The molecule has 1 heteroatoms. The molecule has 79 valence electrons. The van der Waals surface area contributed by atoms with Gasteiger partial charge in [-0.2, -0.15) is 0 Å². The Morgan fingerprint density at radius 3 is 2.67 bits per heavy atom. The van der Waals surface area contributed by atoms with Gasteiger partial charge in [-0.1, -0.05) is 56.3 Å². The molecule has 0 aromatic heterocycles. The highest BCUT2D eigenvalue weighted by molar-refractivity contribution is 7.86. The first-order chi connectivity index (χ1) is 7.31. The molecule has 0 saturated heterocycles. The van der Waals surface area contributed by atoms with Gasteiger partial charge in [-0.15, -0.1) is 0 Å². The fraction of sp³-hybridized carbons (Fsp3) is 0.429. The van der Waals surface area contributed by atoms with Gasteiger partial charge in [0.1, 0.15) is 0 Å². The van der Waals surface area contributed by atoms with Gasteiger partial charge in [-0.25, -0.2) is 0 Å². The molecule has 2 aliphatic rings. The van der Waals surface area contributed by atoms with Crippen LogP contribution in [0.25, 0.3) is 6.08 Å². The van der Waals surface area contributed by atoms with Crippen molar-refractivity contribution in [3.63, 3.8) is 0 Å². The molecule has 1 aliphatic carbocycles. The highest BCUT2D eigenvalue weighted by Crippen LogP contribution is 2.67. The summed E-state index contributed by atoms with van der Waals surface area (Å²) in [7, 11) is -0.938. The van der Waals surface area contributed by atoms with Gasteiger partial charge in [0.25, 0.3) is 0 Å². The predicted octanol–water partition coefficient (Wildman–Crippen LogP) is 3.89. The zero-order chi connectivity index (χ0) is 10.3. The fourth-order valence-corrected chi connectivity index (χ4v) is 6.96. The largest absolute Gasteiger partial charge is 0.0767 e. The summed E-state index contributed by atoms with van der Waals surface area (Å²) < 4.78 is 0. The third-order valence-electron chi connectivity index (χ3n) is 4.10. The minimum absolute atomic E-state index is 0.938. The molecule has 15 heavy (non-hydrogen) atoms. The first-order valence-corrected chi connectivity index (χ1v) is 8.33. The molecular weight excluding hydrogens is 199 g/mol. The molecule has 1 atom stereocenters. The molecule has 0 N–H and O–H groups in total. The van der Waals surface area contributed by atoms with E-state index in [0.29, 0.717) is 0 Å². The van der Waals surface area contributed by atoms with Gasteiger partial charge in [0.15, 0.2) is 0 Å². The van der Waals surface area contributed by atoms with E-state index < -0.39 is 7.26 Å². The maximum atomic E-state index is 2.55. The second-order valence-electron chi connectivity index (χ2n) is 4.96. The molecule has 1 aromatic carbocycles. The van der Waals surface area contributed by atoms with E-state index in [9.17, 15) is 0 Å². The van der Waals surface area contributed by atoms with E-state index in [-0.39, 0.29) is 0 Å².